The molecule has 0 aromatic heterocycles. The molecule has 3 saturated carbocycles. The van der Waals surface area contributed by atoms with Gasteiger partial charge in [-0.15, -0.1) is 0 Å². The second-order valence-electron chi connectivity index (χ2n) is 8.60. The molecule has 142 valence electrons. The third kappa shape index (κ3) is 3.36. The minimum Gasteiger partial charge on any atom is -0.445 e. The van der Waals surface area contributed by atoms with Gasteiger partial charge >= 0.3 is 6.09 Å². The van der Waals surface area contributed by atoms with E-state index < -0.39 is 0 Å². The highest BCUT2D eigenvalue weighted by atomic mass is 16.5. The molecule has 3 fully saturated rings. The molecule has 0 radical (unpaired) electrons. The Balaban J connectivity index is 1.41. The van der Waals surface area contributed by atoms with Crippen LogP contribution in [0, 0.1) is 23.2 Å². The van der Waals surface area contributed by atoms with E-state index in [-0.39, 0.29) is 17.6 Å². The van der Waals surface area contributed by atoms with Crippen LogP contribution in [-0.4, -0.2) is 25.9 Å². The smallest absolute Gasteiger partial charge is 0.407 e. The molecule has 26 heavy (non-hydrogen) atoms. The zero-order valence-corrected chi connectivity index (χ0v) is 15.8. The van der Waals surface area contributed by atoms with Gasteiger partial charge < -0.3 is 14.8 Å². The second kappa shape index (κ2) is 7.59. The zero-order chi connectivity index (χ0) is 18.0. The lowest BCUT2D eigenvalue weighted by atomic mass is 9.59. The normalized spacial score (nSPS) is 35.6. The molecule has 0 aliphatic heterocycles. The topological polar surface area (TPSA) is 47.6 Å². The summed E-state index contributed by atoms with van der Waals surface area (Å²) in [5, 5.41) is 3.30. The summed E-state index contributed by atoms with van der Waals surface area (Å²) in [4.78, 5) is 12.5. The number of carbonyl (C=O) groups excluding carboxylic acids is 1. The Morgan fingerprint density at radius 1 is 1.23 bits per heavy atom. The summed E-state index contributed by atoms with van der Waals surface area (Å²) in [5.74, 6) is 2.04. The van der Waals surface area contributed by atoms with E-state index in [4.69, 9.17) is 9.47 Å². The average Bonchev–Trinajstić information content (AvgIpc) is 3.24. The first-order chi connectivity index (χ1) is 12.7. The highest BCUT2D eigenvalue weighted by Gasteiger charge is 2.59. The molecule has 1 spiro atoms. The Morgan fingerprint density at radius 2 is 2.08 bits per heavy atom. The van der Waals surface area contributed by atoms with Crippen molar-refractivity contribution in [1.82, 2.24) is 5.32 Å². The minimum atomic E-state index is -0.250. The third-order valence-corrected chi connectivity index (χ3v) is 7.19. The van der Waals surface area contributed by atoms with Gasteiger partial charge in [0, 0.05) is 19.8 Å². The number of benzene rings is 1. The molecule has 3 aliphatic carbocycles. The maximum atomic E-state index is 12.5. The van der Waals surface area contributed by atoms with Gasteiger partial charge in [0.15, 0.2) is 0 Å². The molecule has 0 heterocycles. The SMILES string of the molecule is COCC1CCCC2(C1)C1CCC(C1)C2NC(=O)OCc1ccccc1. The number of ether oxygens (including phenoxy) is 2. The van der Waals surface area contributed by atoms with Crippen LogP contribution in [0.4, 0.5) is 4.79 Å². The molecule has 1 N–H and O–H groups in total. The van der Waals surface area contributed by atoms with Crippen LogP contribution in [0.1, 0.15) is 50.5 Å². The van der Waals surface area contributed by atoms with Gasteiger partial charge in [-0.3, -0.25) is 0 Å². The largest absolute Gasteiger partial charge is 0.445 e. The summed E-state index contributed by atoms with van der Waals surface area (Å²) in [7, 11) is 1.80. The first-order valence-electron chi connectivity index (χ1n) is 10.2. The molecule has 1 aromatic rings. The highest BCUT2D eigenvalue weighted by Crippen LogP contribution is 2.62. The molecule has 4 heteroatoms. The van der Waals surface area contributed by atoms with Crippen LogP contribution in [0.15, 0.2) is 30.3 Å². The Morgan fingerprint density at radius 3 is 2.88 bits per heavy atom. The first-order valence-corrected chi connectivity index (χ1v) is 10.2. The molecule has 5 atom stereocenters. The summed E-state index contributed by atoms with van der Waals surface area (Å²) in [6, 6.07) is 10.2. The van der Waals surface area contributed by atoms with Crippen LogP contribution in [0.3, 0.4) is 0 Å². The predicted octanol–water partition coefficient (Wildman–Crippen LogP) is 4.53. The van der Waals surface area contributed by atoms with Gasteiger partial charge in [-0.2, -0.15) is 0 Å². The van der Waals surface area contributed by atoms with E-state index in [0.717, 1.165) is 18.1 Å². The number of amides is 1. The number of fused-ring (bicyclic) bond motifs is 3. The van der Waals surface area contributed by atoms with Crippen molar-refractivity contribution in [2.24, 2.45) is 23.2 Å². The summed E-state index contributed by atoms with van der Waals surface area (Å²) < 4.78 is 11.0. The van der Waals surface area contributed by atoms with Crippen molar-refractivity contribution in [2.75, 3.05) is 13.7 Å². The number of hydrogen-bond acceptors (Lipinski definition) is 3. The molecular formula is C22H31NO3. The number of nitrogens with one attached hydrogen (secondary N) is 1. The summed E-state index contributed by atoms with van der Waals surface area (Å²) in [6.07, 6.45) is 8.59. The fraction of sp³-hybridized carbons (Fsp3) is 0.682. The van der Waals surface area contributed by atoms with Gasteiger partial charge in [0.2, 0.25) is 0 Å². The lowest BCUT2D eigenvalue weighted by molar-refractivity contribution is 0.00745. The molecule has 5 unspecified atom stereocenters. The lowest BCUT2D eigenvalue weighted by Crippen LogP contribution is -2.53. The van der Waals surface area contributed by atoms with Crippen molar-refractivity contribution >= 4 is 6.09 Å². The van der Waals surface area contributed by atoms with Gasteiger partial charge in [0.25, 0.3) is 0 Å². The number of rotatable bonds is 5. The number of carbonyl (C=O) groups is 1. The van der Waals surface area contributed by atoms with E-state index in [2.05, 4.69) is 5.32 Å². The first kappa shape index (κ1) is 17.8. The standard InChI is InChI=1S/C22H31NO3/c1-25-14-17-8-5-11-22(13-17)19-10-9-18(12-19)20(22)23-21(24)26-15-16-6-3-2-4-7-16/h2-4,6-7,17-20H,5,8-15H2,1H3,(H,23,24). The van der Waals surface area contributed by atoms with Crippen LogP contribution < -0.4 is 5.32 Å². The average molecular weight is 357 g/mol. The number of methoxy groups -OCH3 is 1. The minimum absolute atomic E-state index is 0.250. The monoisotopic (exact) mass is 357 g/mol. The quantitative estimate of drug-likeness (QED) is 0.842. The van der Waals surface area contributed by atoms with Gasteiger partial charge in [-0.25, -0.2) is 4.79 Å². The number of alkyl carbamates (subject to hydrolysis) is 1. The van der Waals surface area contributed by atoms with Crippen LogP contribution in [0.25, 0.3) is 0 Å². The summed E-state index contributed by atoms with van der Waals surface area (Å²) in [5.41, 5.74) is 1.30. The summed E-state index contributed by atoms with van der Waals surface area (Å²) >= 11 is 0. The maximum Gasteiger partial charge on any atom is 0.407 e. The van der Waals surface area contributed by atoms with E-state index in [1.54, 1.807) is 7.11 Å². The van der Waals surface area contributed by atoms with Crippen LogP contribution >= 0.6 is 0 Å². The van der Waals surface area contributed by atoms with Gasteiger partial charge in [-0.1, -0.05) is 36.8 Å². The number of hydrogen-bond donors (Lipinski definition) is 1. The molecule has 1 aromatic carbocycles. The van der Waals surface area contributed by atoms with Crippen molar-refractivity contribution in [3.05, 3.63) is 35.9 Å². The van der Waals surface area contributed by atoms with Crippen molar-refractivity contribution in [2.45, 2.75) is 57.6 Å². The van der Waals surface area contributed by atoms with E-state index in [9.17, 15) is 4.79 Å². The maximum absolute atomic E-state index is 12.5. The van der Waals surface area contributed by atoms with E-state index >= 15 is 0 Å². The van der Waals surface area contributed by atoms with Crippen LogP contribution in [-0.2, 0) is 16.1 Å². The fourth-order valence-corrected chi connectivity index (χ4v) is 6.21. The Kier molecular flexibility index (Phi) is 5.21. The van der Waals surface area contributed by atoms with Crippen LogP contribution in [0.2, 0.25) is 0 Å². The molecule has 4 rings (SSSR count). The summed E-state index contributed by atoms with van der Waals surface area (Å²) in [6.45, 7) is 1.19. The van der Waals surface area contributed by atoms with Gasteiger partial charge in [0.1, 0.15) is 6.61 Å². The second-order valence-corrected chi connectivity index (χ2v) is 8.60. The zero-order valence-electron chi connectivity index (χ0n) is 15.8. The van der Waals surface area contributed by atoms with E-state index in [1.807, 2.05) is 30.3 Å². The molecule has 0 saturated heterocycles. The molecule has 4 nitrogen and oxygen atoms in total. The van der Waals surface area contributed by atoms with Crippen LogP contribution in [0.5, 0.6) is 0 Å². The highest BCUT2D eigenvalue weighted by molar-refractivity contribution is 5.68. The predicted molar refractivity (Wildman–Crippen MR) is 101 cm³/mol. The van der Waals surface area contributed by atoms with Crippen molar-refractivity contribution in [3.8, 4) is 0 Å². The van der Waals surface area contributed by atoms with Gasteiger partial charge in [0.05, 0.1) is 0 Å². The van der Waals surface area contributed by atoms with E-state index in [0.29, 0.717) is 18.4 Å². The lowest BCUT2D eigenvalue weighted by Gasteiger charge is -2.49. The Labute approximate surface area is 156 Å². The fourth-order valence-electron chi connectivity index (χ4n) is 6.21. The Hall–Kier alpha value is -1.55. The molecule has 1 amide bonds. The van der Waals surface area contributed by atoms with Crippen molar-refractivity contribution in [1.29, 1.82) is 0 Å². The van der Waals surface area contributed by atoms with Crippen molar-refractivity contribution in [3.63, 3.8) is 0 Å². The van der Waals surface area contributed by atoms with Gasteiger partial charge in [-0.05, 0) is 67.3 Å². The molecular weight excluding hydrogens is 326 g/mol. The molecule has 2 bridgehead atoms. The molecule has 3 aliphatic rings. The van der Waals surface area contributed by atoms with E-state index in [1.165, 1.54) is 44.9 Å². The Bertz CT molecular complexity index is 617. The third-order valence-electron chi connectivity index (χ3n) is 7.19. The van der Waals surface area contributed by atoms with Crippen molar-refractivity contribution < 1.29 is 14.3 Å².